The van der Waals surface area contributed by atoms with Crippen LogP contribution in [0.1, 0.15) is 27.7 Å². The summed E-state index contributed by atoms with van der Waals surface area (Å²) in [6.07, 6.45) is 0. The van der Waals surface area contributed by atoms with Crippen LogP contribution in [0.15, 0.2) is 0 Å². The van der Waals surface area contributed by atoms with Gasteiger partial charge in [-0.25, -0.2) is 9.59 Å². The molecule has 0 bridgehead atoms. The minimum absolute atomic E-state index is 0.204. The molecule has 0 saturated carbocycles. The average Bonchev–Trinajstić information content (AvgIpc) is 2.54. The monoisotopic (exact) mass is 271 g/mol. The van der Waals surface area contributed by atoms with E-state index in [-0.39, 0.29) is 17.2 Å². The van der Waals surface area contributed by atoms with E-state index in [4.69, 9.17) is 9.84 Å². The van der Waals surface area contributed by atoms with E-state index in [9.17, 15) is 14.4 Å². The fourth-order valence-corrected chi connectivity index (χ4v) is 2.36. The van der Waals surface area contributed by atoms with Crippen molar-refractivity contribution in [1.82, 2.24) is 0 Å². The number of aryl methyl sites for hydroxylation is 1. The van der Waals surface area contributed by atoms with E-state index < -0.39 is 17.8 Å². The number of carbonyl (C=O) groups excluding carboxylic acids is 2. The van der Waals surface area contributed by atoms with Gasteiger partial charge >= 0.3 is 17.8 Å². The normalized spacial score (nSPS) is 9.94. The second-order valence-electron chi connectivity index (χ2n) is 3.47. The Hall–Kier alpha value is -1.89. The Labute approximate surface area is 108 Å². The van der Waals surface area contributed by atoms with Crippen LogP contribution in [0.25, 0.3) is 0 Å². The Morgan fingerprint density at radius 3 is 2.44 bits per heavy atom. The zero-order chi connectivity index (χ0) is 13.9. The predicted molar refractivity (Wildman–Crippen MR) is 66.0 cm³/mol. The van der Waals surface area contributed by atoms with E-state index >= 15 is 0 Å². The van der Waals surface area contributed by atoms with Crippen LogP contribution in [-0.2, 0) is 14.3 Å². The van der Waals surface area contributed by atoms with Crippen LogP contribution in [-0.4, -0.2) is 29.6 Å². The molecule has 0 aromatic carbocycles. The minimum atomic E-state index is -1.60. The van der Waals surface area contributed by atoms with Gasteiger partial charge in [-0.2, -0.15) is 0 Å². The lowest BCUT2D eigenvalue weighted by atomic mass is 10.1. The number of carboxylic acid groups (broad SMARTS) is 1. The fraction of sp³-hybridized carbons (Fsp3) is 0.364. The molecule has 98 valence electrons. The molecule has 0 spiro atoms. The van der Waals surface area contributed by atoms with E-state index in [1.165, 1.54) is 0 Å². The summed E-state index contributed by atoms with van der Waals surface area (Å²) in [5, 5.41) is 10.9. The summed E-state index contributed by atoms with van der Waals surface area (Å²) in [5.41, 5.74) is 0.896. The Kier molecular flexibility index (Phi) is 4.43. The highest BCUT2D eigenvalue weighted by Crippen LogP contribution is 2.32. The van der Waals surface area contributed by atoms with Gasteiger partial charge in [0.25, 0.3) is 0 Å². The van der Waals surface area contributed by atoms with Crippen molar-refractivity contribution < 1.29 is 24.2 Å². The number of esters is 1. The number of thiophene rings is 1. The summed E-state index contributed by atoms with van der Waals surface area (Å²) in [6, 6.07) is 0. The third-order valence-electron chi connectivity index (χ3n) is 2.29. The largest absolute Gasteiger partial charge is 0.474 e. The molecule has 7 heteroatoms. The molecule has 0 radical (unpaired) electrons. The SMILES string of the molecule is CCOC(=O)c1c(NC(=O)C(=O)O)sc(C)c1C. The Bertz CT molecular complexity index is 506. The number of hydrogen-bond donors (Lipinski definition) is 2. The van der Waals surface area contributed by atoms with Gasteiger partial charge in [0, 0.05) is 4.88 Å². The van der Waals surface area contributed by atoms with E-state index in [1.54, 1.807) is 20.8 Å². The molecule has 2 N–H and O–H groups in total. The van der Waals surface area contributed by atoms with Gasteiger partial charge in [0.05, 0.1) is 12.2 Å². The first-order valence-corrected chi connectivity index (χ1v) is 6.01. The minimum Gasteiger partial charge on any atom is -0.474 e. The van der Waals surface area contributed by atoms with Crippen LogP contribution in [0.4, 0.5) is 5.00 Å². The average molecular weight is 271 g/mol. The van der Waals surface area contributed by atoms with Gasteiger partial charge in [-0.05, 0) is 26.3 Å². The topological polar surface area (TPSA) is 92.7 Å². The summed E-state index contributed by atoms with van der Waals surface area (Å²) in [7, 11) is 0. The van der Waals surface area contributed by atoms with Gasteiger partial charge in [-0.3, -0.25) is 4.79 Å². The lowest BCUT2D eigenvalue weighted by Crippen LogP contribution is -2.22. The van der Waals surface area contributed by atoms with Crippen LogP contribution < -0.4 is 5.32 Å². The second-order valence-corrected chi connectivity index (χ2v) is 4.69. The molecule has 1 rings (SSSR count). The molecule has 1 aromatic rings. The molecule has 0 aliphatic heterocycles. The maximum Gasteiger partial charge on any atom is 0.394 e. The summed E-state index contributed by atoms with van der Waals surface area (Å²) in [4.78, 5) is 34.1. The Morgan fingerprint density at radius 1 is 1.33 bits per heavy atom. The quantitative estimate of drug-likeness (QED) is 0.643. The van der Waals surface area contributed by atoms with Gasteiger partial charge in [-0.1, -0.05) is 0 Å². The summed E-state index contributed by atoms with van der Waals surface area (Å²) < 4.78 is 4.87. The van der Waals surface area contributed by atoms with Crippen molar-refractivity contribution >= 4 is 34.2 Å². The maximum atomic E-state index is 11.7. The highest BCUT2D eigenvalue weighted by atomic mass is 32.1. The van der Waals surface area contributed by atoms with Gasteiger partial charge in [-0.15, -0.1) is 11.3 Å². The van der Waals surface area contributed by atoms with Crippen molar-refractivity contribution in [1.29, 1.82) is 0 Å². The fourth-order valence-electron chi connectivity index (χ4n) is 1.32. The third kappa shape index (κ3) is 2.86. The van der Waals surface area contributed by atoms with E-state index in [0.29, 0.717) is 5.56 Å². The standard InChI is InChI=1S/C11H13NO5S/c1-4-17-11(16)7-5(2)6(3)18-9(7)12-8(13)10(14)15/h4H2,1-3H3,(H,12,13)(H,14,15). The third-order valence-corrected chi connectivity index (χ3v) is 3.41. The number of carbonyl (C=O) groups is 3. The second kappa shape index (κ2) is 5.63. The number of amides is 1. The summed E-state index contributed by atoms with van der Waals surface area (Å²) in [6.45, 7) is 5.37. The molecular formula is C11H13NO5S. The van der Waals surface area contributed by atoms with Crippen molar-refractivity contribution in [3.63, 3.8) is 0 Å². The Morgan fingerprint density at radius 2 is 1.94 bits per heavy atom. The zero-order valence-electron chi connectivity index (χ0n) is 10.2. The number of carboxylic acids is 1. The molecule has 1 amide bonds. The van der Waals surface area contributed by atoms with Crippen LogP contribution in [0.5, 0.6) is 0 Å². The van der Waals surface area contributed by atoms with Crippen molar-refractivity contribution in [2.24, 2.45) is 0 Å². The number of aliphatic carboxylic acids is 1. The number of hydrogen-bond acceptors (Lipinski definition) is 5. The van der Waals surface area contributed by atoms with Crippen molar-refractivity contribution in [2.45, 2.75) is 20.8 Å². The highest BCUT2D eigenvalue weighted by Gasteiger charge is 2.23. The molecule has 0 unspecified atom stereocenters. The first-order valence-electron chi connectivity index (χ1n) is 5.19. The molecule has 1 aromatic heterocycles. The van der Waals surface area contributed by atoms with Gasteiger partial charge in [0.1, 0.15) is 5.00 Å². The van der Waals surface area contributed by atoms with E-state index in [0.717, 1.165) is 16.2 Å². The van der Waals surface area contributed by atoms with Gasteiger partial charge < -0.3 is 15.2 Å². The molecule has 1 heterocycles. The van der Waals surface area contributed by atoms with Crippen LogP contribution in [0.2, 0.25) is 0 Å². The predicted octanol–water partition coefficient (Wildman–Crippen LogP) is 1.56. The smallest absolute Gasteiger partial charge is 0.394 e. The van der Waals surface area contributed by atoms with Crippen molar-refractivity contribution in [3.8, 4) is 0 Å². The van der Waals surface area contributed by atoms with Gasteiger partial charge in [0.2, 0.25) is 0 Å². The van der Waals surface area contributed by atoms with E-state index in [2.05, 4.69) is 5.32 Å². The first kappa shape index (κ1) is 14.2. The number of ether oxygens (including phenoxy) is 1. The van der Waals surface area contributed by atoms with Crippen molar-refractivity contribution in [3.05, 3.63) is 16.0 Å². The molecule has 0 fully saturated rings. The molecule has 0 atom stereocenters. The summed E-state index contributed by atoms with van der Waals surface area (Å²) in [5.74, 6) is -3.35. The van der Waals surface area contributed by atoms with E-state index in [1.807, 2.05) is 0 Å². The van der Waals surface area contributed by atoms with Gasteiger partial charge in [0.15, 0.2) is 0 Å². The lowest BCUT2D eigenvalue weighted by molar-refractivity contribution is -0.147. The zero-order valence-corrected chi connectivity index (χ0v) is 11.0. The van der Waals surface area contributed by atoms with Crippen LogP contribution in [0.3, 0.4) is 0 Å². The Balaban J connectivity index is 3.12. The molecule has 6 nitrogen and oxygen atoms in total. The number of rotatable bonds is 3. The van der Waals surface area contributed by atoms with Crippen LogP contribution >= 0.6 is 11.3 Å². The summed E-state index contributed by atoms with van der Waals surface area (Å²) >= 11 is 1.14. The first-order chi connectivity index (χ1) is 8.38. The van der Waals surface area contributed by atoms with Crippen molar-refractivity contribution in [2.75, 3.05) is 11.9 Å². The molecule has 18 heavy (non-hydrogen) atoms. The molecular weight excluding hydrogens is 258 g/mol. The molecule has 0 saturated heterocycles. The molecule has 0 aliphatic carbocycles. The maximum absolute atomic E-state index is 11.7. The van der Waals surface area contributed by atoms with Crippen LogP contribution in [0, 0.1) is 13.8 Å². The number of anilines is 1. The molecule has 0 aliphatic rings. The lowest BCUT2D eigenvalue weighted by Gasteiger charge is -2.05. The number of nitrogens with one attached hydrogen (secondary N) is 1. The highest BCUT2D eigenvalue weighted by molar-refractivity contribution is 7.17.